The van der Waals surface area contributed by atoms with Gasteiger partial charge in [0.15, 0.2) is 0 Å². The summed E-state index contributed by atoms with van der Waals surface area (Å²) in [7, 11) is -1.45. The summed E-state index contributed by atoms with van der Waals surface area (Å²) < 4.78 is 32.5. The van der Waals surface area contributed by atoms with E-state index in [9.17, 15) is 38.1 Å². The van der Waals surface area contributed by atoms with Crippen molar-refractivity contribution in [3.63, 3.8) is 0 Å². The molecule has 0 aliphatic carbocycles. The molecular weight excluding hydrogens is 1360 g/mol. The zero-order chi connectivity index (χ0) is 74.8. The summed E-state index contributed by atoms with van der Waals surface area (Å²) >= 11 is 0. The molecule has 12 nitrogen and oxygen atoms in total. The normalized spacial score (nSPS) is 7.66. The molecule has 0 radical (unpaired) electrons. The Kier molecular flexibility index (Phi) is 70.8. The maximum absolute atomic E-state index is 12.0. The van der Waals surface area contributed by atoms with Gasteiger partial charge in [0.25, 0.3) is 11.8 Å². The van der Waals surface area contributed by atoms with Crippen LogP contribution in [-0.4, -0.2) is 64.0 Å². The van der Waals surface area contributed by atoms with E-state index in [2.05, 4.69) is 313 Å². The van der Waals surface area contributed by atoms with Gasteiger partial charge in [0.2, 0.25) is 11.6 Å². The molecule has 2 rings (SSSR count). The van der Waals surface area contributed by atoms with Gasteiger partial charge < -0.3 is 34.0 Å². The molecule has 0 saturated carbocycles. The largest absolute Gasteiger partial charge is 1.00 e. The van der Waals surface area contributed by atoms with Crippen molar-refractivity contribution in [2.45, 2.75) is 137 Å². The van der Waals surface area contributed by atoms with Crippen LogP contribution in [0.2, 0.25) is 0 Å². The standard InChI is InChI=1S/C48H6.C21H34NO5P.C19H30NO5P.CH4.2Na/c1-3-5-7-9-11-13-15-17-19-21-23-25-27-29-31-33-35-37-39-41-43-45-47-48-46-44-42-40-38-36-34-32-30-28-26-24-22-20-18-16-14-12-10-8-6-4-2;1-22-21(24)20(23)16-10-9-15-19-14-8-7-13-18(19)12-6-4-5-11-17-28(25,26-2)27-3;1-20-19(22)18(21)14-8-7-13-17-12-6-5-11-16(17)10-4-2-3-9-15-26(23,24)25;;;/h1-2H3;7-8,13-14H,4-6,9-12,15-17H2,1-3H3,(H,22,24);5-6,11-12H,2-4,7-10,13-15H2,1H3,(H,20,22)(H2,23,24,25);1H4;;/q;;;;2*+1/p-2. The number of rotatable bonds is 28. The van der Waals surface area contributed by atoms with Crippen molar-refractivity contribution in [1.82, 2.24) is 10.6 Å². The second-order valence-corrected chi connectivity index (χ2v) is 23.4. The molecule has 2 aromatic carbocycles. The number of Topliss-reactive ketones (excluding diaryl/α,β-unsaturated/α-hetero) is 2. The van der Waals surface area contributed by atoms with Crippen LogP contribution in [0, 0.1) is 272 Å². The predicted molar refractivity (Wildman–Crippen MR) is 406 cm³/mol. The minimum atomic E-state index is -4.36. The molecule has 2 aromatic rings. The van der Waals surface area contributed by atoms with Crippen molar-refractivity contribution in [1.29, 1.82) is 0 Å². The number of ketones is 2. The quantitative estimate of drug-likeness (QED) is 0.0418. The Morgan fingerprint density at radius 1 is 0.324 bits per heavy atom. The molecule has 2 amide bonds. The summed E-state index contributed by atoms with van der Waals surface area (Å²) in [6.07, 6.45) is 14.7. The van der Waals surface area contributed by atoms with Crippen molar-refractivity contribution < 1.29 is 106 Å². The topological polar surface area (TPSA) is 191 Å². The van der Waals surface area contributed by atoms with Crippen LogP contribution in [0.5, 0.6) is 0 Å². The minimum Gasteiger partial charge on any atom is -0.811 e. The maximum Gasteiger partial charge on any atom is 1.00 e. The Balaban J connectivity index is -0.000000766. The van der Waals surface area contributed by atoms with E-state index in [0.717, 1.165) is 89.9 Å². The summed E-state index contributed by atoms with van der Waals surface area (Å²) in [4.78, 5) is 66.6. The van der Waals surface area contributed by atoms with Gasteiger partial charge in [-0.3, -0.25) is 23.7 Å². The third kappa shape index (κ3) is 65.9. The Morgan fingerprint density at radius 3 is 0.705 bits per heavy atom. The summed E-state index contributed by atoms with van der Waals surface area (Å²) in [5, 5.41) is 4.71. The van der Waals surface area contributed by atoms with E-state index in [1.807, 2.05) is 18.2 Å². The van der Waals surface area contributed by atoms with Crippen molar-refractivity contribution in [3.8, 4) is 272 Å². The van der Waals surface area contributed by atoms with Gasteiger partial charge in [-0.15, -0.1) is 0 Å². The first-order valence-corrected chi connectivity index (χ1v) is 34.8. The molecule has 0 bridgehead atoms. The number of carbonyl (C=O) groups is 4. The zero-order valence-electron chi connectivity index (χ0n) is 59.7. The molecule has 0 spiro atoms. The Hall–Kier alpha value is -11.1. The van der Waals surface area contributed by atoms with Crippen LogP contribution in [0.1, 0.15) is 133 Å². The van der Waals surface area contributed by atoms with E-state index in [-0.39, 0.29) is 90.7 Å². The van der Waals surface area contributed by atoms with Gasteiger partial charge in [-0.05, 0) is 214 Å². The van der Waals surface area contributed by atoms with Gasteiger partial charge in [-0.25, -0.2) is 0 Å². The molecule has 0 saturated heterocycles. The van der Waals surface area contributed by atoms with Crippen LogP contribution in [0.4, 0.5) is 0 Å². The predicted octanol–water partition coefficient (Wildman–Crippen LogP) is 1.78. The van der Waals surface area contributed by atoms with Gasteiger partial charge >= 0.3 is 66.7 Å². The number of unbranched alkanes of at least 4 members (excludes halogenated alkanes) is 8. The third-order valence-corrected chi connectivity index (χ3v) is 15.0. The van der Waals surface area contributed by atoms with Gasteiger partial charge in [0.05, 0.1) is 6.16 Å². The smallest absolute Gasteiger partial charge is 0.811 e. The van der Waals surface area contributed by atoms with E-state index in [0.29, 0.717) is 25.4 Å². The summed E-state index contributed by atoms with van der Waals surface area (Å²) in [6, 6.07) is 16.6. The SMILES string of the molecule is C.CC#CC#CC#CC#CC#CC#CC#CC#CC#CC#CC#CC#CC#CC#CC#CC#CC#CC#CC#CC#CC#CC#CC#CC.CNC(=O)C(=O)CCCCc1ccccc1CCCCCCP(=O)(OC)OC.CNC(=O)C(=O)CCCCc1ccccc1CCCCCCP(=O)([O-])[O-].[Na+].[Na+]. The molecule has 0 aliphatic rings. The number of hydrogen-bond donors (Lipinski definition) is 2. The number of benzene rings is 2. The molecule has 510 valence electrons. The fraction of sp³-hybridized carbons (Fsp3) is 0.303. The van der Waals surface area contributed by atoms with E-state index in [1.165, 1.54) is 50.6 Å². The van der Waals surface area contributed by atoms with Crippen LogP contribution in [0.25, 0.3) is 0 Å². The van der Waals surface area contributed by atoms with Crippen molar-refractivity contribution in [3.05, 3.63) is 70.8 Å². The molecule has 0 fully saturated rings. The Bertz CT molecular complexity index is 4780. The molecule has 2 N–H and O–H groups in total. The number of likely N-dealkylation sites (N-methyl/N-ethyl adjacent to an activating group) is 2. The first kappa shape index (κ1) is 100. The number of carbonyl (C=O) groups excluding carboxylic acids is 4. The van der Waals surface area contributed by atoms with Crippen molar-refractivity contribution in [2.75, 3.05) is 40.6 Å². The fourth-order valence-electron chi connectivity index (χ4n) is 7.44. The second-order valence-electron chi connectivity index (χ2n) is 19.3. The average Bonchev–Trinajstić information content (AvgIpc) is 0.905. The van der Waals surface area contributed by atoms with Crippen LogP contribution >= 0.6 is 15.2 Å². The van der Waals surface area contributed by atoms with Crippen LogP contribution in [-0.2, 0) is 63.0 Å². The van der Waals surface area contributed by atoms with E-state index in [1.54, 1.807) is 13.8 Å². The fourth-order valence-corrected chi connectivity index (χ4v) is 9.18. The number of amides is 2. The zero-order valence-corrected chi connectivity index (χ0v) is 65.5. The molecule has 0 atom stereocenters. The average molecular weight is 1440 g/mol. The molecule has 105 heavy (non-hydrogen) atoms. The van der Waals surface area contributed by atoms with E-state index < -0.39 is 27.0 Å². The number of nitrogens with one attached hydrogen (secondary N) is 2. The van der Waals surface area contributed by atoms with E-state index in [4.69, 9.17) is 9.05 Å². The van der Waals surface area contributed by atoms with Gasteiger partial charge in [0.1, 0.15) is 0 Å². The third-order valence-electron chi connectivity index (χ3n) is 12.1. The van der Waals surface area contributed by atoms with E-state index >= 15 is 0 Å². The minimum absolute atomic E-state index is 0. The van der Waals surface area contributed by atoms with Crippen molar-refractivity contribution in [2.24, 2.45) is 0 Å². The molecule has 0 heterocycles. The first-order chi connectivity index (χ1) is 49.7. The Labute approximate surface area is 670 Å². The van der Waals surface area contributed by atoms with Gasteiger partial charge in [0, 0.05) is 207 Å². The molecule has 0 unspecified atom stereocenters. The van der Waals surface area contributed by atoms with Crippen molar-refractivity contribution >= 4 is 38.6 Å². The summed E-state index contributed by atoms with van der Waals surface area (Å²) in [6.45, 7) is 3.38. The van der Waals surface area contributed by atoms with Gasteiger partial charge in [-0.2, -0.15) is 0 Å². The first-order valence-electron chi connectivity index (χ1n) is 31.4. The molecule has 16 heteroatoms. The molecule has 0 aromatic heterocycles. The summed E-state index contributed by atoms with van der Waals surface area (Å²) in [5.41, 5.74) is 5.18. The number of aryl methyl sites for hydroxylation is 4. The summed E-state index contributed by atoms with van der Waals surface area (Å²) in [5.74, 6) is 114. The van der Waals surface area contributed by atoms with Gasteiger partial charge in [-0.1, -0.05) is 101 Å². The monoisotopic (exact) mass is 1440 g/mol. The van der Waals surface area contributed by atoms with Crippen LogP contribution in [0.3, 0.4) is 0 Å². The van der Waals surface area contributed by atoms with Crippen LogP contribution in [0.15, 0.2) is 48.5 Å². The van der Waals surface area contributed by atoms with Crippen LogP contribution < -0.4 is 79.5 Å². The number of hydrogen-bond acceptors (Lipinski definition) is 10. The molecule has 0 aliphatic heterocycles. The molecular formula is C89H72N2Na2O10P2. The second kappa shape index (κ2) is 74.1. The Morgan fingerprint density at radius 2 is 0.514 bits per heavy atom. The maximum atomic E-state index is 12.0.